The van der Waals surface area contributed by atoms with Crippen LogP contribution >= 0.6 is 51.5 Å². The Balaban J connectivity index is 1.52. The first-order valence-electron chi connectivity index (χ1n) is 9.88. The van der Waals surface area contributed by atoms with Gasteiger partial charge in [-0.15, -0.1) is 0 Å². The summed E-state index contributed by atoms with van der Waals surface area (Å²) in [6.45, 7) is 0. The van der Waals surface area contributed by atoms with Crippen molar-refractivity contribution < 1.29 is 4.42 Å². The Bertz CT molecular complexity index is 1230. The van der Waals surface area contributed by atoms with Gasteiger partial charge in [0.15, 0.2) is 10.2 Å². The predicted octanol–water partition coefficient (Wildman–Crippen LogP) is 7.42. The lowest BCUT2D eigenvalue weighted by Crippen LogP contribution is -2.29. The Kier molecular flexibility index (Phi) is 6.24. The van der Waals surface area contributed by atoms with Gasteiger partial charge < -0.3 is 14.6 Å². The van der Waals surface area contributed by atoms with Crippen molar-refractivity contribution in [1.82, 2.24) is 10.3 Å². The lowest BCUT2D eigenvalue weighted by atomic mass is 10.0. The fourth-order valence-corrected chi connectivity index (χ4v) is 5.21. The number of hydrogen-bond donors (Lipinski definition) is 1. The molecule has 1 saturated heterocycles. The van der Waals surface area contributed by atoms with E-state index in [1.54, 1.807) is 18.0 Å². The monoisotopic (exact) mass is 541 g/mol. The van der Waals surface area contributed by atoms with Crippen LogP contribution in [0.1, 0.15) is 23.5 Å². The minimum absolute atomic E-state index is 0.146. The Labute approximate surface area is 209 Å². The van der Waals surface area contributed by atoms with Gasteiger partial charge in [0.25, 0.3) is 0 Å². The number of thiocarbonyl (C=S) groups is 1. The standard InChI is InChI=1S/C24H17BrClN3OS2/c25-15-4-8-17(9-5-15)29-23(22(28-24(29)31)19-3-1-2-14-27-19)20-12-13-21(30-20)32-18-10-6-16(26)7-11-18/h1-14,22-23H,(H,28,31)/t22-,23+/m0/s1. The van der Waals surface area contributed by atoms with Crippen molar-refractivity contribution in [2.45, 2.75) is 22.1 Å². The SMILES string of the molecule is S=C1N[C@@H](c2ccccn2)[C@@H](c2ccc(Sc3ccc(Cl)cc3)o2)N1c1ccc(Br)cc1. The number of nitrogens with zero attached hydrogens (tertiary/aromatic N) is 2. The Morgan fingerprint density at radius 3 is 2.50 bits per heavy atom. The highest BCUT2D eigenvalue weighted by molar-refractivity contribution is 9.10. The molecule has 8 heteroatoms. The molecule has 0 amide bonds. The topological polar surface area (TPSA) is 41.3 Å². The second-order valence-corrected chi connectivity index (χ2v) is 10.0. The van der Waals surface area contributed by atoms with Gasteiger partial charge in [-0.3, -0.25) is 4.98 Å². The van der Waals surface area contributed by atoms with E-state index >= 15 is 0 Å². The number of anilines is 1. The normalized spacial score (nSPS) is 18.1. The van der Waals surface area contributed by atoms with Gasteiger partial charge in [0, 0.05) is 26.3 Å². The summed E-state index contributed by atoms with van der Waals surface area (Å²) >= 11 is 16.8. The Morgan fingerprint density at radius 2 is 1.78 bits per heavy atom. The number of benzene rings is 2. The molecule has 1 N–H and O–H groups in total. The first kappa shape index (κ1) is 21.5. The Hall–Kier alpha value is -2.32. The summed E-state index contributed by atoms with van der Waals surface area (Å²) in [5.41, 5.74) is 1.89. The lowest BCUT2D eigenvalue weighted by Gasteiger charge is -2.26. The Morgan fingerprint density at radius 1 is 1.00 bits per heavy atom. The summed E-state index contributed by atoms with van der Waals surface area (Å²) in [6, 6.07) is 25.4. The van der Waals surface area contributed by atoms with Crippen LogP contribution in [0.3, 0.4) is 0 Å². The van der Waals surface area contributed by atoms with Crippen LogP contribution in [0.4, 0.5) is 5.69 Å². The zero-order chi connectivity index (χ0) is 22.1. The van der Waals surface area contributed by atoms with Crippen LogP contribution < -0.4 is 10.2 Å². The van der Waals surface area contributed by atoms with E-state index in [1.807, 2.05) is 78.9 Å². The van der Waals surface area contributed by atoms with Crippen LogP contribution in [0.5, 0.6) is 0 Å². The van der Waals surface area contributed by atoms with Gasteiger partial charge in [-0.05, 0) is 85.0 Å². The van der Waals surface area contributed by atoms with E-state index in [1.165, 1.54) is 0 Å². The molecular formula is C24H17BrClN3OS2. The molecule has 160 valence electrons. The second-order valence-electron chi connectivity index (χ2n) is 7.19. The summed E-state index contributed by atoms with van der Waals surface area (Å²) in [5.74, 6) is 0.812. The number of aromatic nitrogens is 1. The first-order chi connectivity index (χ1) is 15.6. The van der Waals surface area contributed by atoms with Crippen LogP contribution in [0, 0.1) is 0 Å². The largest absolute Gasteiger partial charge is 0.452 e. The van der Waals surface area contributed by atoms with Crippen LogP contribution in [0.25, 0.3) is 0 Å². The van der Waals surface area contributed by atoms with Crippen LogP contribution in [0.15, 0.2) is 104 Å². The summed E-state index contributed by atoms with van der Waals surface area (Å²) in [6.07, 6.45) is 1.80. The van der Waals surface area contributed by atoms with E-state index in [2.05, 4.69) is 31.1 Å². The number of pyridine rings is 1. The molecule has 32 heavy (non-hydrogen) atoms. The molecule has 0 radical (unpaired) electrons. The van der Waals surface area contributed by atoms with Gasteiger partial charge in [0.2, 0.25) is 0 Å². The maximum absolute atomic E-state index is 6.33. The van der Waals surface area contributed by atoms with E-state index in [0.29, 0.717) is 10.1 Å². The quantitative estimate of drug-likeness (QED) is 0.265. The molecule has 0 unspecified atom stereocenters. The fraction of sp³-hybridized carbons (Fsp3) is 0.0833. The molecule has 1 aliphatic heterocycles. The molecule has 1 fully saturated rings. The number of rotatable bonds is 5. The molecule has 0 aliphatic carbocycles. The summed E-state index contributed by atoms with van der Waals surface area (Å²) in [4.78, 5) is 7.73. The smallest absolute Gasteiger partial charge is 0.174 e. The van der Waals surface area contributed by atoms with Crippen molar-refractivity contribution in [3.05, 3.63) is 106 Å². The number of hydrogen-bond acceptors (Lipinski definition) is 4. The van der Waals surface area contributed by atoms with Gasteiger partial charge in [-0.2, -0.15) is 0 Å². The molecule has 2 aromatic carbocycles. The third-order valence-corrected chi connectivity index (χ3v) is 7.15. The third-order valence-electron chi connectivity index (χ3n) is 5.13. The van der Waals surface area contributed by atoms with Gasteiger partial charge in [0.1, 0.15) is 11.8 Å². The molecular weight excluding hydrogens is 526 g/mol. The lowest BCUT2D eigenvalue weighted by molar-refractivity contribution is 0.383. The minimum atomic E-state index is -0.182. The highest BCUT2D eigenvalue weighted by Crippen LogP contribution is 2.43. The molecule has 2 aromatic heterocycles. The zero-order valence-electron chi connectivity index (χ0n) is 16.6. The zero-order valence-corrected chi connectivity index (χ0v) is 20.6. The van der Waals surface area contributed by atoms with Crippen molar-refractivity contribution in [1.29, 1.82) is 0 Å². The number of furan rings is 1. The van der Waals surface area contributed by atoms with E-state index < -0.39 is 0 Å². The molecule has 5 rings (SSSR count). The predicted molar refractivity (Wildman–Crippen MR) is 136 cm³/mol. The highest BCUT2D eigenvalue weighted by Gasteiger charge is 2.42. The van der Waals surface area contributed by atoms with Gasteiger partial charge in [0.05, 0.1) is 11.7 Å². The molecule has 4 aromatic rings. The van der Waals surface area contributed by atoms with E-state index in [0.717, 1.165) is 31.6 Å². The van der Waals surface area contributed by atoms with Crippen molar-refractivity contribution in [3.63, 3.8) is 0 Å². The first-order valence-corrected chi connectivity index (χ1v) is 12.3. The van der Waals surface area contributed by atoms with E-state index in [4.69, 9.17) is 28.2 Å². The van der Waals surface area contributed by atoms with Crippen LogP contribution in [-0.4, -0.2) is 10.1 Å². The molecule has 0 bridgehead atoms. The van der Waals surface area contributed by atoms with Crippen molar-refractivity contribution >= 4 is 62.3 Å². The van der Waals surface area contributed by atoms with Gasteiger partial charge >= 0.3 is 0 Å². The maximum Gasteiger partial charge on any atom is 0.174 e. The molecule has 0 spiro atoms. The molecule has 1 aliphatic rings. The summed E-state index contributed by atoms with van der Waals surface area (Å²) < 4.78 is 7.34. The number of halogens is 2. The van der Waals surface area contributed by atoms with Crippen LogP contribution in [0.2, 0.25) is 5.02 Å². The fourth-order valence-electron chi connectivity index (χ4n) is 3.69. The molecule has 3 heterocycles. The third kappa shape index (κ3) is 4.43. The highest BCUT2D eigenvalue weighted by atomic mass is 79.9. The van der Waals surface area contributed by atoms with Crippen molar-refractivity contribution in [2.75, 3.05) is 4.90 Å². The van der Waals surface area contributed by atoms with Crippen LogP contribution in [-0.2, 0) is 0 Å². The van der Waals surface area contributed by atoms with E-state index in [-0.39, 0.29) is 12.1 Å². The molecule has 0 saturated carbocycles. The average Bonchev–Trinajstić information content (AvgIpc) is 3.40. The van der Waals surface area contributed by atoms with Gasteiger partial charge in [-0.1, -0.05) is 45.4 Å². The minimum Gasteiger partial charge on any atom is -0.452 e. The average molecular weight is 543 g/mol. The maximum atomic E-state index is 6.33. The molecule has 2 atom stereocenters. The summed E-state index contributed by atoms with van der Waals surface area (Å²) in [5, 5.41) is 5.60. The second kappa shape index (κ2) is 9.27. The number of nitrogens with one attached hydrogen (secondary N) is 1. The van der Waals surface area contributed by atoms with E-state index in [9.17, 15) is 0 Å². The summed E-state index contributed by atoms with van der Waals surface area (Å²) in [7, 11) is 0. The van der Waals surface area contributed by atoms with Crippen molar-refractivity contribution in [2.24, 2.45) is 0 Å². The molecule has 4 nitrogen and oxygen atoms in total. The van der Waals surface area contributed by atoms with Gasteiger partial charge in [-0.25, -0.2) is 0 Å². The van der Waals surface area contributed by atoms with Crippen molar-refractivity contribution in [3.8, 4) is 0 Å².